The van der Waals surface area contributed by atoms with E-state index in [0.29, 0.717) is 6.04 Å². The summed E-state index contributed by atoms with van der Waals surface area (Å²) in [4.78, 5) is 14.6. The van der Waals surface area contributed by atoms with E-state index in [-0.39, 0.29) is 0 Å². The van der Waals surface area contributed by atoms with Crippen molar-refractivity contribution in [3.05, 3.63) is 16.8 Å². The van der Waals surface area contributed by atoms with Crippen LogP contribution in [0.5, 0.6) is 0 Å². The summed E-state index contributed by atoms with van der Waals surface area (Å²) >= 11 is 3.99. The lowest BCUT2D eigenvalue weighted by Crippen LogP contribution is -2.44. The van der Waals surface area contributed by atoms with E-state index >= 15 is 0 Å². The van der Waals surface area contributed by atoms with Gasteiger partial charge in [0.05, 0.1) is 5.39 Å². The first-order valence-corrected chi connectivity index (χ1v) is 11.7. The van der Waals surface area contributed by atoms with Gasteiger partial charge < -0.3 is 5.32 Å². The molecule has 0 unspecified atom stereocenters. The maximum atomic E-state index is 4.63. The summed E-state index contributed by atoms with van der Waals surface area (Å²) in [5, 5.41) is 5.12. The van der Waals surface area contributed by atoms with Gasteiger partial charge in [-0.2, -0.15) is 11.8 Å². The number of rotatable bonds is 3. The quantitative estimate of drug-likeness (QED) is 0.881. The van der Waals surface area contributed by atoms with Crippen LogP contribution in [0.4, 0.5) is 5.82 Å². The standard InChI is InChI=1S/C19H26N4S2/c1-2-15-16(3-1)25-19-17(15)18(20-12-21-19)22-13-4-6-14(7-5-13)23-8-10-24-11-9-23/h12-14H,1-11H2,(H,20,21,22). The molecule has 1 saturated heterocycles. The molecule has 1 aliphatic heterocycles. The molecule has 1 N–H and O–H groups in total. The van der Waals surface area contributed by atoms with E-state index < -0.39 is 0 Å². The Kier molecular flexibility index (Phi) is 4.60. The molecule has 3 heterocycles. The lowest BCUT2D eigenvalue weighted by Gasteiger charge is -2.39. The number of nitrogens with zero attached hydrogens (tertiary/aromatic N) is 3. The first-order valence-electron chi connectivity index (χ1n) is 9.72. The number of hydrogen-bond donors (Lipinski definition) is 1. The van der Waals surface area contributed by atoms with Crippen LogP contribution in [-0.2, 0) is 12.8 Å². The van der Waals surface area contributed by atoms with Crippen LogP contribution in [0, 0.1) is 0 Å². The molecule has 25 heavy (non-hydrogen) atoms. The first kappa shape index (κ1) is 16.3. The van der Waals surface area contributed by atoms with E-state index in [4.69, 9.17) is 0 Å². The summed E-state index contributed by atoms with van der Waals surface area (Å²) in [6.07, 6.45) is 10.7. The Morgan fingerprint density at radius 3 is 2.72 bits per heavy atom. The fraction of sp³-hybridized carbons (Fsp3) is 0.684. The van der Waals surface area contributed by atoms with Crippen molar-refractivity contribution in [2.45, 2.75) is 57.0 Å². The molecule has 0 aromatic carbocycles. The van der Waals surface area contributed by atoms with Crippen LogP contribution in [0.2, 0.25) is 0 Å². The van der Waals surface area contributed by atoms with E-state index in [1.54, 1.807) is 11.2 Å². The molecule has 0 amide bonds. The summed E-state index contributed by atoms with van der Waals surface area (Å²) in [5.74, 6) is 3.74. The molecular weight excluding hydrogens is 348 g/mol. The Balaban J connectivity index is 1.28. The number of aromatic nitrogens is 2. The predicted molar refractivity (Wildman–Crippen MR) is 108 cm³/mol. The highest BCUT2D eigenvalue weighted by Gasteiger charge is 2.28. The summed E-state index contributed by atoms with van der Waals surface area (Å²) in [6.45, 7) is 2.59. The molecular formula is C19H26N4S2. The number of aryl methyl sites for hydroxylation is 2. The summed E-state index contributed by atoms with van der Waals surface area (Å²) < 4.78 is 0. The third kappa shape index (κ3) is 3.17. The highest BCUT2D eigenvalue weighted by molar-refractivity contribution is 7.99. The third-order valence-electron chi connectivity index (χ3n) is 6.10. The van der Waals surface area contributed by atoms with Crippen molar-refractivity contribution in [2.75, 3.05) is 29.9 Å². The van der Waals surface area contributed by atoms with Crippen molar-refractivity contribution in [1.29, 1.82) is 0 Å². The average molecular weight is 375 g/mol. The fourth-order valence-corrected chi connectivity index (χ4v) is 6.92. The van der Waals surface area contributed by atoms with Crippen molar-refractivity contribution >= 4 is 39.1 Å². The van der Waals surface area contributed by atoms with Gasteiger partial charge in [0.1, 0.15) is 17.0 Å². The van der Waals surface area contributed by atoms with E-state index in [2.05, 4.69) is 31.9 Å². The van der Waals surface area contributed by atoms with Crippen molar-refractivity contribution in [1.82, 2.24) is 14.9 Å². The maximum Gasteiger partial charge on any atom is 0.138 e. The molecule has 5 rings (SSSR count). The number of anilines is 1. The van der Waals surface area contributed by atoms with Gasteiger partial charge in [-0.05, 0) is 50.5 Å². The number of thioether (sulfide) groups is 1. The summed E-state index contributed by atoms with van der Waals surface area (Å²) in [7, 11) is 0. The molecule has 2 fully saturated rings. The third-order valence-corrected chi connectivity index (χ3v) is 8.24. The molecule has 0 bridgehead atoms. The van der Waals surface area contributed by atoms with E-state index in [9.17, 15) is 0 Å². The summed E-state index contributed by atoms with van der Waals surface area (Å²) in [6, 6.07) is 1.39. The van der Waals surface area contributed by atoms with E-state index in [1.165, 1.54) is 85.3 Å². The number of fused-ring (bicyclic) bond motifs is 3. The van der Waals surface area contributed by atoms with Crippen molar-refractivity contribution in [2.24, 2.45) is 0 Å². The highest BCUT2D eigenvalue weighted by atomic mass is 32.2. The highest BCUT2D eigenvalue weighted by Crippen LogP contribution is 2.39. The van der Waals surface area contributed by atoms with Crippen LogP contribution in [0.15, 0.2) is 6.33 Å². The second kappa shape index (κ2) is 7.05. The minimum absolute atomic E-state index is 0.575. The van der Waals surface area contributed by atoms with Gasteiger partial charge in [-0.3, -0.25) is 4.90 Å². The number of nitrogens with one attached hydrogen (secondary N) is 1. The molecule has 2 aromatic rings. The molecule has 0 radical (unpaired) electrons. The maximum absolute atomic E-state index is 4.63. The van der Waals surface area contributed by atoms with Gasteiger partial charge >= 0.3 is 0 Å². The molecule has 0 spiro atoms. The molecule has 2 aliphatic carbocycles. The van der Waals surface area contributed by atoms with Gasteiger partial charge in [0.15, 0.2) is 0 Å². The SMILES string of the molecule is c1nc(NC2CCC(N3CCSCC3)CC2)c2c3c(sc2n1)CCC3. The smallest absolute Gasteiger partial charge is 0.138 e. The molecule has 6 heteroatoms. The molecule has 3 aliphatic rings. The zero-order chi connectivity index (χ0) is 16.6. The Bertz CT molecular complexity index is 745. The Morgan fingerprint density at radius 2 is 1.88 bits per heavy atom. The van der Waals surface area contributed by atoms with Gasteiger partial charge in [-0.1, -0.05) is 0 Å². The zero-order valence-electron chi connectivity index (χ0n) is 14.7. The zero-order valence-corrected chi connectivity index (χ0v) is 16.3. The number of hydrogen-bond acceptors (Lipinski definition) is 6. The molecule has 134 valence electrons. The van der Waals surface area contributed by atoms with Crippen LogP contribution in [-0.4, -0.2) is 51.5 Å². The Labute approximate surface area is 157 Å². The van der Waals surface area contributed by atoms with Gasteiger partial charge in [0.2, 0.25) is 0 Å². The Morgan fingerprint density at radius 1 is 1.04 bits per heavy atom. The van der Waals surface area contributed by atoms with Gasteiger partial charge in [-0.25, -0.2) is 9.97 Å². The van der Waals surface area contributed by atoms with Crippen molar-refractivity contribution in [3.63, 3.8) is 0 Å². The largest absolute Gasteiger partial charge is 0.367 e. The Hall–Kier alpha value is -0.850. The first-order chi connectivity index (χ1) is 12.4. The van der Waals surface area contributed by atoms with Crippen LogP contribution in [0.3, 0.4) is 0 Å². The van der Waals surface area contributed by atoms with Gasteiger partial charge in [-0.15, -0.1) is 11.3 Å². The fourth-order valence-electron chi connectivity index (χ4n) is 4.76. The summed E-state index contributed by atoms with van der Waals surface area (Å²) in [5.41, 5.74) is 1.53. The topological polar surface area (TPSA) is 41.1 Å². The monoisotopic (exact) mass is 374 g/mol. The normalized spacial score (nSPS) is 27.5. The molecule has 1 saturated carbocycles. The second-order valence-corrected chi connectivity index (χ2v) is 9.87. The number of thiophene rings is 1. The minimum Gasteiger partial charge on any atom is -0.367 e. The molecule has 0 atom stereocenters. The minimum atomic E-state index is 0.575. The predicted octanol–water partition coefficient (Wildman–Crippen LogP) is 3.95. The van der Waals surface area contributed by atoms with E-state index in [1.807, 2.05) is 11.3 Å². The molecule has 2 aromatic heterocycles. The molecule has 4 nitrogen and oxygen atoms in total. The van der Waals surface area contributed by atoms with Crippen molar-refractivity contribution < 1.29 is 0 Å². The lowest BCUT2D eigenvalue weighted by atomic mass is 9.90. The van der Waals surface area contributed by atoms with Crippen LogP contribution >= 0.6 is 23.1 Å². The van der Waals surface area contributed by atoms with Gasteiger partial charge in [0.25, 0.3) is 0 Å². The van der Waals surface area contributed by atoms with Gasteiger partial charge in [0, 0.05) is 41.6 Å². The second-order valence-electron chi connectivity index (χ2n) is 7.56. The van der Waals surface area contributed by atoms with Crippen LogP contribution in [0.1, 0.15) is 42.5 Å². The average Bonchev–Trinajstić information content (AvgIpc) is 3.24. The lowest BCUT2D eigenvalue weighted by molar-refractivity contribution is 0.167. The van der Waals surface area contributed by atoms with Crippen molar-refractivity contribution in [3.8, 4) is 0 Å². The van der Waals surface area contributed by atoms with Crippen LogP contribution < -0.4 is 5.32 Å². The van der Waals surface area contributed by atoms with E-state index in [0.717, 1.165) is 11.9 Å². The van der Waals surface area contributed by atoms with Crippen LogP contribution in [0.25, 0.3) is 10.2 Å².